The molecule has 0 amide bonds. The molecule has 0 aliphatic heterocycles. The van der Waals surface area contributed by atoms with Gasteiger partial charge in [-0.1, -0.05) is 0 Å². The molecule has 1 heterocycles. The third-order valence-electron chi connectivity index (χ3n) is 3.44. The summed E-state index contributed by atoms with van der Waals surface area (Å²) in [5, 5.41) is 7.55. The number of aromatic nitrogens is 3. The fourth-order valence-corrected chi connectivity index (χ4v) is 2.25. The summed E-state index contributed by atoms with van der Waals surface area (Å²) in [5.41, 5.74) is 2.36. The maximum Gasteiger partial charge on any atom is 0.146 e. The second-order valence-corrected chi connectivity index (χ2v) is 4.56. The zero-order valence-corrected chi connectivity index (χ0v) is 12.5. The van der Waals surface area contributed by atoms with Crippen LogP contribution in [0.5, 0.6) is 0 Å². The minimum atomic E-state index is 0.693. The molecule has 0 saturated carbocycles. The highest BCUT2D eigenvalue weighted by molar-refractivity contribution is 5.55. The van der Waals surface area contributed by atoms with Gasteiger partial charge >= 0.3 is 0 Å². The number of hydrogen-bond acceptors (Lipinski definition) is 4. The van der Waals surface area contributed by atoms with E-state index in [1.54, 1.807) is 6.33 Å². The first-order chi connectivity index (χ1) is 9.78. The van der Waals surface area contributed by atoms with Crippen molar-refractivity contribution in [3.63, 3.8) is 0 Å². The van der Waals surface area contributed by atoms with E-state index >= 15 is 0 Å². The molecule has 2 aromatic rings. The highest BCUT2D eigenvalue weighted by Crippen LogP contribution is 2.18. The van der Waals surface area contributed by atoms with Gasteiger partial charge in [0, 0.05) is 31.0 Å². The van der Waals surface area contributed by atoms with Gasteiger partial charge in [-0.25, -0.2) is 9.67 Å². The van der Waals surface area contributed by atoms with E-state index in [0.717, 1.165) is 31.1 Å². The molecule has 1 aromatic heterocycles. The summed E-state index contributed by atoms with van der Waals surface area (Å²) in [6.07, 6.45) is 1.60. The number of rotatable bonds is 7. The van der Waals surface area contributed by atoms with Gasteiger partial charge < -0.3 is 10.2 Å². The quantitative estimate of drug-likeness (QED) is 0.842. The Morgan fingerprint density at radius 1 is 1.10 bits per heavy atom. The number of aryl methyl sites for hydroxylation is 1. The third kappa shape index (κ3) is 3.29. The Bertz CT molecular complexity index is 513. The Balaban J connectivity index is 1.97. The number of anilines is 2. The summed E-state index contributed by atoms with van der Waals surface area (Å²) in [6.45, 7) is 10.0. The Morgan fingerprint density at radius 3 is 2.40 bits per heavy atom. The first-order valence-corrected chi connectivity index (χ1v) is 7.24. The molecule has 0 fully saturated rings. The highest BCUT2D eigenvalue weighted by atomic mass is 15.3. The van der Waals surface area contributed by atoms with E-state index in [2.05, 4.69) is 65.3 Å². The molecule has 20 heavy (non-hydrogen) atoms. The van der Waals surface area contributed by atoms with Crippen LogP contribution in [0.2, 0.25) is 0 Å². The van der Waals surface area contributed by atoms with Gasteiger partial charge in [0.05, 0.1) is 6.54 Å². The lowest BCUT2D eigenvalue weighted by Gasteiger charge is -2.21. The predicted octanol–water partition coefficient (Wildman–Crippen LogP) is 2.76. The average molecular weight is 273 g/mol. The van der Waals surface area contributed by atoms with Crippen LogP contribution in [0.25, 0.3) is 0 Å². The van der Waals surface area contributed by atoms with Gasteiger partial charge in [-0.15, -0.1) is 0 Å². The van der Waals surface area contributed by atoms with Crippen molar-refractivity contribution in [2.24, 2.45) is 0 Å². The van der Waals surface area contributed by atoms with Crippen molar-refractivity contribution in [2.75, 3.05) is 23.3 Å². The van der Waals surface area contributed by atoms with E-state index in [1.807, 2.05) is 4.68 Å². The van der Waals surface area contributed by atoms with Crippen molar-refractivity contribution in [1.82, 2.24) is 14.8 Å². The smallest absolute Gasteiger partial charge is 0.146 e. The van der Waals surface area contributed by atoms with Gasteiger partial charge in [-0.3, -0.25) is 0 Å². The number of nitrogens with zero attached hydrogens (tertiary/aromatic N) is 4. The molecule has 1 aromatic carbocycles. The van der Waals surface area contributed by atoms with Crippen molar-refractivity contribution in [1.29, 1.82) is 0 Å². The molecule has 0 unspecified atom stereocenters. The molecule has 108 valence electrons. The van der Waals surface area contributed by atoms with Gasteiger partial charge in [-0.2, -0.15) is 5.10 Å². The van der Waals surface area contributed by atoms with Crippen LogP contribution < -0.4 is 10.2 Å². The Morgan fingerprint density at radius 2 is 1.80 bits per heavy atom. The zero-order chi connectivity index (χ0) is 14.4. The standard InChI is InChI=1S/C15H23N5/c1-4-19(5-2)14-9-7-13(8-10-14)16-11-15-17-12-18-20(15)6-3/h7-10,12,16H,4-6,11H2,1-3H3. The van der Waals surface area contributed by atoms with E-state index in [1.165, 1.54) is 5.69 Å². The van der Waals surface area contributed by atoms with Crippen LogP contribution in [0.4, 0.5) is 11.4 Å². The first kappa shape index (κ1) is 14.4. The second kappa shape index (κ2) is 6.93. The van der Waals surface area contributed by atoms with Crippen LogP contribution in [-0.2, 0) is 13.1 Å². The SMILES string of the molecule is CCN(CC)c1ccc(NCc2ncnn2CC)cc1. The fraction of sp³-hybridized carbons (Fsp3) is 0.467. The fourth-order valence-electron chi connectivity index (χ4n) is 2.25. The Kier molecular flexibility index (Phi) is 4.98. The molecule has 0 aliphatic rings. The minimum Gasteiger partial charge on any atom is -0.378 e. The molecule has 0 atom stereocenters. The molecule has 0 radical (unpaired) electrons. The molecule has 0 saturated heterocycles. The monoisotopic (exact) mass is 273 g/mol. The van der Waals surface area contributed by atoms with E-state index in [4.69, 9.17) is 0 Å². The molecule has 5 heteroatoms. The van der Waals surface area contributed by atoms with Crippen molar-refractivity contribution in [3.8, 4) is 0 Å². The molecule has 0 spiro atoms. The topological polar surface area (TPSA) is 46.0 Å². The maximum absolute atomic E-state index is 4.26. The predicted molar refractivity (Wildman–Crippen MR) is 83.0 cm³/mol. The van der Waals surface area contributed by atoms with Gasteiger partial charge in [0.2, 0.25) is 0 Å². The summed E-state index contributed by atoms with van der Waals surface area (Å²) < 4.78 is 1.90. The zero-order valence-electron chi connectivity index (χ0n) is 12.5. The van der Waals surface area contributed by atoms with Gasteiger partial charge in [-0.05, 0) is 45.0 Å². The normalized spacial score (nSPS) is 10.6. The van der Waals surface area contributed by atoms with E-state index in [9.17, 15) is 0 Å². The first-order valence-electron chi connectivity index (χ1n) is 7.24. The maximum atomic E-state index is 4.26. The van der Waals surface area contributed by atoms with Crippen LogP contribution in [0.1, 0.15) is 26.6 Å². The third-order valence-corrected chi connectivity index (χ3v) is 3.44. The average Bonchev–Trinajstić information content (AvgIpc) is 2.95. The molecule has 0 bridgehead atoms. The van der Waals surface area contributed by atoms with Crippen LogP contribution in [-0.4, -0.2) is 27.9 Å². The molecular formula is C15H23N5. The second-order valence-electron chi connectivity index (χ2n) is 4.56. The summed E-state index contributed by atoms with van der Waals surface area (Å²) in [5.74, 6) is 0.959. The number of hydrogen-bond donors (Lipinski definition) is 1. The molecule has 2 rings (SSSR count). The molecular weight excluding hydrogens is 250 g/mol. The summed E-state index contributed by atoms with van der Waals surface area (Å²) >= 11 is 0. The van der Waals surface area contributed by atoms with Crippen molar-refractivity contribution < 1.29 is 0 Å². The van der Waals surface area contributed by atoms with Gasteiger partial charge in [0.15, 0.2) is 0 Å². The lowest BCUT2D eigenvalue weighted by molar-refractivity contribution is 0.622. The largest absolute Gasteiger partial charge is 0.378 e. The van der Waals surface area contributed by atoms with Crippen LogP contribution in [0.15, 0.2) is 30.6 Å². The molecule has 0 aliphatic carbocycles. The minimum absolute atomic E-state index is 0.693. The van der Waals surface area contributed by atoms with Gasteiger partial charge in [0.25, 0.3) is 0 Å². The highest BCUT2D eigenvalue weighted by Gasteiger charge is 2.03. The van der Waals surface area contributed by atoms with Gasteiger partial charge in [0.1, 0.15) is 12.2 Å². The van der Waals surface area contributed by atoms with Crippen molar-refractivity contribution in [2.45, 2.75) is 33.9 Å². The Labute approximate surface area is 120 Å². The summed E-state index contributed by atoms with van der Waals surface area (Å²) in [4.78, 5) is 6.59. The Hall–Kier alpha value is -2.04. The van der Waals surface area contributed by atoms with E-state index in [-0.39, 0.29) is 0 Å². The summed E-state index contributed by atoms with van der Waals surface area (Å²) in [6, 6.07) is 8.53. The molecule has 5 nitrogen and oxygen atoms in total. The van der Waals surface area contributed by atoms with Crippen LogP contribution in [0.3, 0.4) is 0 Å². The van der Waals surface area contributed by atoms with Crippen LogP contribution >= 0.6 is 0 Å². The number of nitrogens with one attached hydrogen (secondary N) is 1. The van der Waals surface area contributed by atoms with Crippen LogP contribution in [0, 0.1) is 0 Å². The lowest BCUT2D eigenvalue weighted by atomic mass is 10.2. The summed E-state index contributed by atoms with van der Waals surface area (Å²) in [7, 11) is 0. The van der Waals surface area contributed by atoms with Crippen molar-refractivity contribution >= 4 is 11.4 Å². The number of benzene rings is 1. The molecule has 1 N–H and O–H groups in total. The lowest BCUT2D eigenvalue weighted by Crippen LogP contribution is -2.21. The van der Waals surface area contributed by atoms with Crippen molar-refractivity contribution in [3.05, 3.63) is 36.4 Å². The van der Waals surface area contributed by atoms with E-state index < -0.39 is 0 Å². The van der Waals surface area contributed by atoms with E-state index in [0.29, 0.717) is 6.54 Å².